The van der Waals surface area contributed by atoms with E-state index in [4.69, 9.17) is 17.3 Å². The maximum Gasteiger partial charge on any atom is 0.246 e. The van der Waals surface area contributed by atoms with Crippen molar-refractivity contribution < 1.29 is 12.8 Å². The minimum atomic E-state index is -3.83. The number of rotatable bonds is 2. The highest BCUT2D eigenvalue weighted by atomic mass is 35.5. The van der Waals surface area contributed by atoms with Gasteiger partial charge >= 0.3 is 0 Å². The van der Waals surface area contributed by atoms with Crippen LogP contribution in [0.15, 0.2) is 23.1 Å². The molecule has 7 heteroatoms. The van der Waals surface area contributed by atoms with E-state index in [0.717, 1.165) is 19.3 Å². The second-order valence-electron chi connectivity index (χ2n) is 5.97. The van der Waals surface area contributed by atoms with Gasteiger partial charge < -0.3 is 5.73 Å². The van der Waals surface area contributed by atoms with E-state index < -0.39 is 15.8 Å². The van der Waals surface area contributed by atoms with Crippen LogP contribution in [-0.2, 0) is 10.0 Å². The van der Waals surface area contributed by atoms with Crippen molar-refractivity contribution in [1.82, 2.24) is 4.31 Å². The van der Waals surface area contributed by atoms with E-state index in [9.17, 15) is 12.8 Å². The molecule has 0 radical (unpaired) electrons. The van der Waals surface area contributed by atoms with Gasteiger partial charge in [0.25, 0.3) is 0 Å². The number of sulfonamides is 1. The number of hydrogen-bond acceptors (Lipinski definition) is 3. The predicted octanol–water partition coefficient (Wildman–Crippen LogP) is 2.23. The van der Waals surface area contributed by atoms with Gasteiger partial charge in [-0.1, -0.05) is 17.7 Å². The molecule has 21 heavy (non-hydrogen) atoms. The Kier molecular flexibility index (Phi) is 3.98. The van der Waals surface area contributed by atoms with Crippen LogP contribution in [0.4, 0.5) is 4.39 Å². The SMILES string of the molecule is NC1CC[C@@H]2CN(S(=O)(=O)c3cccc(Cl)c3F)C[C@@H]2C1. The molecule has 3 rings (SSSR count). The molecule has 0 amide bonds. The minimum Gasteiger partial charge on any atom is -0.328 e. The van der Waals surface area contributed by atoms with Crippen LogP contribution in [0.2, 0.25) is 5.02 Å². The molecule has 1 saturated carbocycles. The Hall–Kier alpha value is -0.690. The molecule has 1 aliphatic carbocycles. The smallest absolute Gasteiger partial charge is 0.246 e. The van der Waals surface area contributed by atoms with Crippen LogP contribution in [0.25, 0.3) is 0 Å². The van der Waals surface area contributed by atoms with Gasteiger partial charge in [0.1, 0.15) is 4.90 Å². The summed E-state index contributed by atoms with van der Waals surface area (Å²) < 4.78 is 40.7. The molecule has 4 nitrogen and oxygen atoms in total. The zero-order valence-electron chi connectivity index (χ0n) is 11.5. The number of nitrogens with zero attached hydrogens (tertiary/aromatic N) is 1. The molecule has 0 bridgehead atoms. The molecule has 3 atom stereocenters. The number of hydrogen-bond donors (Lipinski definition) is 1. The van der Waals surface area contributed by atoms with Crippen LogP contribution in [0, 0.1) is 17.7 Å². The summed E-state index contributed by atoms with van der Waals surface area (Å²) in [4.78, 5) is -0.335. The summed E-state index contributed by atoms with van der Waals surface area (Å²) in [5.41, 5.74) is 5.95. The maximum atomic E-state index is 14.0. The van der Waals surface area contributed by atoms with Crippen LogP contribution < -0.4 is 5.73 Å². The van der Waals surface area contributed by atoms with Crippen molar-refractivity contribution in [1.29, 1.82) is 0 Å². The predicted molar refractivity (Wildman–Crippen MR) is 79.0 cm³/mol. The number of fused-ring (bicyclic) bond motifs is 1. The molecule has 1 heterocycles. The molecule has 0 aromatic heterocycles. The molecule has 1 aromatic rings. The van der Waals surface area contributed by atoms with Crippen LogP contribution in [0.3, 0.4) is 0 Å². The number of halogens is 2. The van der Waals surface area contributed by atoms with E-state index in [-0.39, 0.29) is 21.9 Å². The van der Waals surface area contributed by atoms with E-state index in [1.54, 1.807) is 0 Å². The summed E-state index contributed by atoms with van der Waals surface area (Å²) in [6.45, 7) is 0.873. The Labute approximate surface area is 129 Å². The van der Waals surface area contributed by atoms with Crippen LogP contribution in [-0.4, -0.2) is 31.9 Å². The molecule has 2 N–H and O–H groups in total. The van der Waals surface area contributed by atoms with E-state index in [1.165, 1.54) is 22.5 Å². The van der Waals surface area contributed by atoms with Crippen molar-refractivity contribution >= 4 is 21.6 Å². The number of nitrogens with two attached hydrogens (primary N) is 1. The van der Waals surface area contributed by atoms with Gasteiger partial charge in [-0.25, -0.2) is 12.8 Å². The van der Waals surface area contributed by atoms with Crippen molar-refractivity contribution in [3.63, 3.8) is 0 Å². The highest BCUT2D eigenvalue weighted by molar-refractivity contribution is 7.89. The standard InChI is InChI=1S/C14H18ClFN2O2S/c15-12-2-1-3-13(14(12)16)21(19,20)18-7-9-4-5-11(17)6-10(9)8-18/h1-3,9-11H,4-8,17H2/t9-,10+,11?/m1/s1. The average Bonchev–Trinajstić information content (AvgIpc) is 2.85. The van der Waals surface area contributed by atoms with Crippen molar-refractivity contribution in [3.05, 3.63) is 29.0 Å². The van der Waals surface area contributed by atoms with Gasteiger partial charge in [-0.2, -0.15) is 4.31 Å². The second-order valence-corrected chi connectivity index (χ2v) is 8.28. The lowest BCUT2D eigenvalue weighted by molar-refractivity contribution is 0.271. The maximum absolute atomic E-state index is 14.0. The lowest BCUT2D eigenvalue weighted by Crippen LogP contribution is -2.32. The molecule has 1 aromatic carbocycles. The third kappa shape index (κ3) is 2.70. The molecule has 116 valence electrons. The van der Waals surface area contributed by atoms with Crippen molar-refractivity contribution in [2.24, 2.45) is 17.6 Å². The lowest BCUT2D eigenvalue weighted by atomic mass is 9.79. The molecule has 0 spiro atoms. The highest BCUT2D eigenvalue weighted by Crippen LogP contribution is 2.38. The minimum absolute atomic E-state index is 0.150. The van der Waals surface area contributed by atoms with Gasteiger partial charge in [-0.3, -0.25) is 0 Å². The molecule has 1 unspecified atom stereocenters. The van der Waals surface area contributed by atoms with Crippen LogP contribution in [0.1, 0.15) is 19.3 Å². The van der Waals surface area contributed by atoms with Gasteiger partial charge in [-0.15, -0.1) is 0 Å². The van der Waals surface area contributed by atoms with Gasteiger partial charge in [0.05, 0.1) is 5.02 Å². The van der Waals surface area contributed by atoms with E-state index >= 15 is 0 Å². The monoisotopic (exact) mass is 332 g/mol. The van der Waals surface area contributed by atoms with E-state index in [2.05, 4.69) is 0 Å². The zero-order valence-corrected chi connectivity index (χ0v) is 13.1. The van der Waals surface area contributed by atoms with Crippen LogP contribution in [0.5, 0.6) is 0 Å². The van der Waals surface area contributed by atoms with Crippen molar-refractivity contribution in [3.8, 4) is 0 Å². The highest BCUT2D eigenvalue weighted by Gasteiger charge is 2.42. The molecular weight excluding hydrogens is 315 g/mol. The van der Waals surface area contributed by atoms with E-state index in [0.29, 0.717) is 19.0 Å². The molecule has 1 saturated heterocycles. The Morgan fingerprint density at radius 1 is 1.24 bits per heavy atom. The summed E-state index contributed by atoms with van der Waals surface area (Å²) in [6.07, 6.45) is 2.71. The number of benzene rings is 1. The third-order valence-electron chi connectivity index (χ3n) is 4.59. The average molecular weight is 333 g/mol. The lowest BCUT2D eigenvalue weighted by Gasteiger charge is -2.28. The van der Waals surface area contributed by atoms with Crippen LogP contribution >= 0.6 is 11.6 Å². The third-order valence-corrected chi connectivity index (χ3v) is 6.73. The van der Waals surface area contributed by atoms with Gasteiger partial charge in [0, 0.05) is 19.1 Å². The second kappa shape index (κ2) is 5.50. The summed E-state index contributed by atoms with van der Waals surface area (Å²) in [5.74, 6) is -0.252. The zero-order chi connectivity index (χ0) is 15.2. The van der Waals surface area contributed by atoms with Gasteiger partial charge in [-0.05, 0) is 43.2 Å². The van der Waals surface area contributed by atoms with E-state index in [1.807, 2.05) is 0 Å². The van der Waals surface area contributed by atoms with Gasteiger partial charge in [0.2, 0.25) is 10.0 Å². The molecule has 2 fully saturated rings. The fraction of sp³-hybridized carbons (Fsp3) is 0.571. The Morgan fingerprint density at radius 3 is 2.71 bits per heavy atom. The normalized spacial score (nSPS) is 30.3. The van der Waals surface area contributed by atoms with Crippen molar-refractivity contribution in [2.75, 3.05) is 13.1 Å². The summed E-state index contributed by atoms with van der Waals surface area (Å²) in [6, 6.07) is 4.22. The first-order valence-electron chi connectivity index (χ1n) is 7.09. The van der Waals surface area contributed by atoms with Gasteiger partial charge in [0.15, 0.2) is 5.82 Å². The topological polar surface area (TPSA) is 63.4 Å². The van der Waals surface area contributed by atoms with Crippen molar-refractivity contribution in [2.45, 2.75) is 30.2 Å². The Balaban J connectivity index is 1.88. The molecular formula is C14H18ClFN2O2S. The molecule has 2 aliphatic rings. The fourth-order valence-corrected chi connectivity index (χ4v) is 5.31. The first-order valence-corrected chi connectivity index (χ1v) is 8.91. The quantitative estimate of drug-likeness (QED) is 0.903. The first kappa shape index (κ1) is 15.2. The molecule has 1 aliphatic heterocycles. The summed E-state index contributed by atoms with van der Waals surface area (Å²) in [5, 5.41) is -0.172. The Bertz CT molecular complexity index is 652. The fourth-order valence-electron chi connectivity index (χ4n) is 3.44. The summed E-state index contributed by atoms with van der Waals surface area (Å²) in [7, 11) is -3.83. The summed E-state index contributed by atoms with van der Waals surface area (Å²) >= 11 is 5.69. The largest absolute Gasteiger partial charge is 0.328 e. The first-order chi connectivity index (χ1) is 9.89. The Morgan fingerprint density at radius 2 is 1.95 bits per heavy atom.